The largest absolute Gasteiger partial charge is 0.352 e. The van der Waals surface area contributed by atoms with Crippen LogP contribution in [0.3, 0.4) is 0 Å². The highest BCUT2D eigenvalue weighted by atomic mass is 35.5. The van der Waals surface area contributed by atoms with Gasteiger partial charge in [-0.05, 0) is 49.1 Å². The van der Waals surface area contributed by atoms with Crippen LogP contribution in [0.15, 0.2) is 42.5 Å². The Labute approximate surface area is 199 Å². The average Bonchev–Trinajstić information content (AvgIpc) is 2.78. The van der Waals surface area contributed by atoms with E-state index in [9.17, 15) is 14.0 Å². The molecule has 0 aromatic heterocycles. The zero-order valence-corrected chi connectivity index (χ0v) is 19.8. The molecule has 1 atom stereocenters. The van der Waals surface area contributed by atoms with Crippen molar-refractivity contribution >= 4 is 35.0 Å². The average molecular weight is 479 g/mol. The fourth-order valence-corrected chi connectivity index (χ4v) is 4.56. The number of nitrogens with one attached hydrogen (secondary N) is 1. The Morgan fingerprint density at radius 1 is 1.09 bits per heavy atom. The SMILES string of the molecule is CCC(C(=O)NC1CCCCC1)N(Cc1ccc(Cl)cc1)C(=O)Cc1c(F)cccc1Cl. The molecule has 172 valence electrons. The summed E-state index contributed by atoms with van der Waals surface area (Å²) < 4.78 is 14.3. The van der Waals surface area contributed by atoms with Crippen molar-refractivity contribution in [2.75, 3.05) is 0 Å². The van der Waals surface area contributed by atoms with Gasteiger partial charge >= 0.3 is 0 Å². The second-order valence-electron chi connectivity index (χ2n) is 8.29. The number of halogens is 3. The van der Waals surface area contributed by atoms with Crippen molar-refractivity contribution in [1.29, 1.82) is 0 Å². The molecule has 0 bridgehead atoms. The summed E-state index contributed by atoms with van der Waals surface area (Å²) in [5.41, 5.74) is 0.981. The first-order valence-corrected chi connectivity index (χ1v) is 11.9. The van der Waals surface area contributed by atoms with E-state index in [1.807, 2.05) is 19.1 Å². The number of carbonyl (C=O) groups is 2. The van der Waals surface area contributed by atoms with Crippen LogP contribution in [0, 0.1) is 5.82 Å². The van der Waals surface area contributed by atoms with Gasteiger partial charge in [0.25, 0.3) is 0 Å². The zero-order valence-electron chi connectivity index (χ0n) is 18.3. The maximum Gasteiger partial charge on any atom is 0.243 e. The molecule has 0 saturated heterocycles. The number of carbonyl (C=O) groups excluding carboxylic acids is 2. The van der Waals surface area contributed by atoms with Crippen LogP contribution in [-0.2, 0) is 22.6 Å². The van der Waals surface area contributed by atoms with Gasteiger partial charge in [0.2, 0.25) is 11.8 Å². The minimum absolute atomic E-state index is 0.138. The lowest BCUT2D eigenvalue weighted by molar-refractivity contribution is -0.141. The van der Waals surface area contributed by atoms with Gasteiger partial charge < -0.3 is 10.2 Å². The molecule has 4 nitrogen and oxygen atoms in total. The minimum Gasteiger partial charge on any atom is -0.352 e. The fourth-order valence-electron chi connectivity index (χ4n) is 4.20. The minimum atomic E-state index is -0.661. The Morgan fingerprint density at radius 2 is 1.78 bits per heavy atom. The Hall–Kier alpha value is -2.11. The first-order chi connectivity index (χ1) is 15.4. The Balaban J connectivity index is 1.84. The van der Waals surface area contributed by atoms with Gasteiger partial charge in [-0.15, -0.1) is 0 Å². The Kier molecular flexibility index (Phi) is 8.94. The van der Waals surface area contributed by atoms with Gasteiger partial charge in [-0.2, -0.15) is 0 Å². The van der Waals surface area contributed by atoms with Crippen LogP contribution in [0.2, 0.25) is 10.0 Å². The van der Waals surface area contributed by atoms with E-state index in [0.717, 1.165) is 31.2 Å². The quantitative estimate of drug-likeness (QED) is 0.510. The van der Waals surface area contributed by atoms with E-state index in [1.165, 1.54) is 23.5 Å². The number of hydrogen-bond acceptors (Lipinski definition) is 2. The lowest BCUT2D eigenvalue weighted by atomic mass is 9.95. The number of hydrogen-bond donors (Lipinski definition) is 1. The first-order valence-electron chi connectivity index (χ1n) is 11.2. The van der Waals surface area contributed by atoms with E-state index < -0.39 is 11.9 Å². The van der Waals surface area contributed by atoms with Crippen molar-refractivity contribution < 1.29 is 14.0 Å². The van der Waals surface area contributed by atoms with Gasteiger partial charge in [0.15, 0.2) is 0 Å². The fraction of sp³-hybridized carbons (Fsp3) is 0.440. The molecule has 1 aliphatic carbocycles. The molecule has 0 heterocycles. The highest BCUT2D eigenvalue weighted by Gasteiger charge is 2.31. The van der Waals surface area contributed by atoms with Crippen molar-refractivity contribution in [3.63, 3.8) is 0 Å². The summed E-state index contributed by atoms with van der Waals surface area (Å²) in [5.74, 6) is -1.05. The Morgan fingerprint density at radius 3 is 2.41 bits per heavy atom. The molecule has 3 rings (SSSR count). The smallest absolute Gasteiger partial charge is 0.243 e. The normalized spacial score (nSPS) is 15.2. The molecule has 1 saturated carbocycles. The summed E-state index contributed by atoms with van der Waals surface area (Å²) in [6.07, 6.45) is 5.53. The van der Waals surface area contributed by atoms with Gasteiger partial charge in [-0.1, -0.05) is 67.6 Å². The molecule has 1 unspecified atom stereocenters. The van der Waals surface area contributed by atoms with Crippen LogP contribution < -0.4 is 5.32 Å². The molecular formula is C25H29Cl2FN2O2. The molecular weight excluding hydrogens is 450 g/mol. The van der Waals surface area contributed by atoms with E-state index in [2.05, 4.69) is 5.32 Å². The van der Waals surface area contributed by atoms with Gasteiger partial charge in [-0.3, -0.25) is 9.59 Å². The molecule has 0 radical (unpaired) electrons. The van der Waals surface area contributed by atoms with E-state index in [1.54, 1.807) is 18.2 Å². The van der Waals surface area contributed by atoms with E-state index in [0.29, 0.717) is 11.4 Å². The molecule has 7 heteroatoms. The summed E-state index contributed by atoms with van der Waals surface area (Å²) in [6.45, 7) is 2.10. The standard InChI is InChI=1S/C25H29Cl2FN2O2/c1-2-23(25(32)29-19-7-4-3-5-8-19)30(16-17-11-13-18(26)14-12-17)24(31)15-20-21(27)9-6-10-22(20)28/h6,9-14,19,23H,2-5,7-8,15-16H2,1H3,(H,29,32). The summed E-state index contributed by atoms with van der Waals surface area (Å²) in [6, 6.07) is 11.0. The zero-order chi connectivity index (χ0) is 23.1. The molecule has 2 aromatic rings. The first kappa shape index (κ1) is 24.5. The highest BCUT2D eigenvalue weighted by molar-refractivity contribution is 6.31. The molecule has 2 amide bonds. The van der Waals surface area contributed by atoms with Crippen LogP contribution in [0.1, 0.15) is 56.6 Å². The summed E-state index contributed by atoms with van der Waals surface area (Å²) >= 11 is 12.2. The molecule has 1 N–H and O–H groups in total. The number of nitrogens with zero attached hydrogens (tertiary/aromatic N) is 1. The molecule has 1 aliphatic rings. The van der Waals surface area contributed by atoms with Crippen molar-refractivity contribution in [3.8, 4) is 0 Å². The van der Waals surface area contributed by atoms with Gasteiger partial charge in [-0.25, -0.2) is 4.39 Å². The monoisotopic (exact) mass is 478 g/mol. The maximum atomic E-state index is 14.3. The third kappa shape index (κ3) is 6.46. The van der Waals surface area contributed by atoms with Crippen LogP contribution in [0.5, 0.6) is 0 Å². The molecule has 0 spiro atoms. The van der Waals surface area contributed by atoms with Crippen molar-refractivity contribution in [3.05, 3.63) is 69.5 Å². The maximum absolute atomic E-state index is 14.3. The summed E-state index contributed by atoms with van der Waals surface area (Å²) in [5, 5.41) is 3.92. The number of rotatable bonds is 8. The second-order valence-corrected chi connectivity index (χ2v) is 9.14. The van der Waals surface area contributed by atoms with Crippen molar-refractivity contribution in [2.24, 2.45) is 0 Å². The molecule has 1 fully saturated rings. The third-order valence-electron chi connectivity index (χ3n) is 5.99. The Bertz CT molecular complexity index is 910. The lowest BCUT2D eigenvalue weighted by Gasteiger charge is -2.33. The predicted molar refractivity (Wildman–Crippen MR) is 126 cm³/mol. The topological polar surface area (TPSA) is 49.4 Å². The number of benzene rings is 2. The van der Waals surface area contributed by atoms with Gasteiger partial charge in [0, 0.05) is 28.2 Å². The summed E-state index contributed by atoms with van der Waals surface area (Å²) in [7, 11) is 0. The number of amides is 2. The van der Waals surface area contributed by atoms with Gasteiger partial charge in [0.1, 0.15) is 11.9 Å². The molecule has 0 aliphatic heterocycles. The third-order valence-corrected chi connectivity index (χ3v) is 6.60. The van der Waals surface area contributed by atoms with E-state index >= 15 is 0 Å². The van der Waals surface area contributed by atoms with Crippen molar-refractivity contribution in [2.45, 2.75) is 70.5 Å². The van der Waals surface area contributed by atoms with E-state index in [-0.39, 0.29) is 41.4 Å². The van der Waals surface area contributed by atoms with Crippen LogP contribution in [0.25, 0.3) is 0 Å². The van der Waals surface area contributed by atoms with Crippen LogP contribution in [-0.4, -0.2) is 28.8 Å². The van der Waals surface area contributed by atoms with Gasteiger partial charge in [0.05, 0.1) is 6.42 Å². The second kappa shape index (κ2) is 11.7. The lowest BCUT2D eigenvalue weighted by Crippen LogP contribution is -2.52. The van der Waals surface area contributed by atoms with Crippen LogP contribution in [0.4, 0.5) is 4.39 Å². The predicted octanol–water partition coefficient (Wildman–Crippen LogP) is 5.93. The van der Waals surface area contributed by atoms with E-state index in [4.69, 9.17) is 23.2 Å². The van der Waals surface area contributed by atoms with Crippen molar-refractivity contribution in [1.82, 2.24) is 10.2 Å². The highest BCUT2D eigenvalue weighted by Crippen LogP contribution is 2.23. The summed E-state index contributed by atoms with van der Waals surface area (Å²) in [4.78, 5) is 28.1. The molecule has 32 heavy (non-hydrogen) atoms. The van der Waals surface area contributed by atoms with Crippen LogP contribution >= 0.6 is 23.2 Å². The molecule has 2 aromatic carbocycles.